The summed E-state index contributed by atoms with van der Waals surface area (Å²) in [6.45, 7) is 3.29. The molecule has 0 saturated heterocycles. The van der Waals surface area contributed by atoms with Crippen LogP contribution in [0.15, 0.2) is 34.9 Å². The quantitative estimate of drug-likeness (QED) is 0.908. The molecule has 21 heavy (non-hydrogen) atoms. The summed E-state index contributed by atoms with van der Waals surface area (Å²) in [7, 11) is 0. The van der Waals surface area contributed by atoms with E-state index in [1.54, 1.807) is 38.1 Å². The zero-order valence-corrected chi connectivity index (χ0v) is 12.3. The SMILES string of the molecule is Cc1cc(NC(=O)[C@@H](C)NC(=O)c2cccc(Cl)c2)no1. The smallest absolute Gasteiger partial charge is 0.251 e. The molecule has 0 spiro atoms. The summed E-state index contributed by atoms with van der Waals surface area (Å²) in [5.74, 6) is 0.123. The molecule has 6 nitrogen and oxygen atoms in total. The van der Waals surface area contributed by atoms with Crippen molar-refractivity contribution in [3.05, 3.63) is 46.7 Å². The van der Waals surface area contributed by atoms with Crippen molar-refractivity contribution in [1.29, 1.82) is 0 Å². The van der Waals surface area contributed by atoms with Crippen LogP contribution in [0, 0.1) is 6.92 Å². The van der Waals surface area contributed by atoms with Crippen LogP contribution in [0.4, 0.5) is 5.82 Å². The molecule has 0 aliphatic heterocycles. The highest BCUT2D eigenvalue weighted by molar-refractivity contribution is 6.31. The number of halogens is 1. The molecule has 0 unspecified atom stereocenters. The highest BCUT2D eigenvalue weighted by Crippen LogP contribution is 2.11. The van der Waals surface area contributed by atoms with Gasteiger partial charge in [-0.1, -0.05) is 22.8 Å². The van der Waals surface area contributed by atoms with Gasteiger partial charge in [0.15, 0.2) is 5.82 Å². The monoisotopic (exact) mass is 307 g/mol. The number of rotatable bonds is 4. The van der Waals surface area contributed by atoms with Crippen LogP contribution in [0.2, 0.25) is 5.02 Å². The number of aromatic nitrogens is 1. The van der Waals surface area contributed by atoms with E-state index in [1.807, 2.05) is 0 Å². The van der Waals surface area contributed by atoms with E-state index in [-0.39, 0.29) is 5.91 Å². The number of carbonyl (C=O) groups excluding carboxylic acids is 2. The lowest BCUT2D eigenvalue weighted by Crippen LogP contribution is -2.41. The highest BCUT2D eigenvalue weighted by Gasteiger charge is 2.18. The first kappa shape index (κ1) is 15.1. The van der Waals surface area contributed by atoms with Gasteiger partial charge in [0.2, 0.25) is 5.91 Å². The van der Waals surface area contributed by atoms with E-state index in [2.05, 4.69) is 15.8 Å². The third-order valence-corrected chi connectivity index (χ3v) is 2.94. The van der Waals surface area contributed by atoms with Crippen molar-refractivity contribution in [3.63, 3.8) is 0 Å². The third-order valence-electron chi connectivity index (χ3n) is 2.71. The molecule has 2 amide bonds. The molecule has 0 saturated carbocycles. The zero-order valence-electron chi connectivity index (χ0n) is 11.5. The Morgan fingerprint density at radius 3 is 2.71 bits per heavy atom. The number of benzene rings is 1. The van der Waals surface area contributed by atoms with E-state index >= 15 is 0 Å². The molecule has 1 atom stereocenters. The zero-order chi connectivity index (χ0) is 15.4. The Hall–Kier alpha value is -2.34. The van der Waals surface area contributed by atoms with E-state index in [1.165, 1.54) is 6.07 Å². The van der Waals surface area contributed by atoms with Crippen molar-refractivity contribution in [2.75, 3.05) is 5.32 Å². The van der Waals surface area contributed by atoms with Gasteiger partial charge in [-0.25, -0.2) is 0 Å². The predicted molar refractivity (Wildman–Crippen MR) is 78.2 cm³/mol. The number of amides is 2. The first-order chi connectivity index (χ1) is 9.95. The van der Waals surface area contributed by atoms with Gasteiger partial charge in [-0.15, -0.1) is 0 Å². The number of carbonyl (C=O) groups is 2. The lowest BCUT2D eigenvalue weighted by molar-refractivity contribution is -0.117. The fraction of sp³-hybridized carbons (Fsp3) is 0.214. The molecule has 7 heteroatoms. The summed E-state index contributed by atoms with van der Waals surface area (Å²) < 4.78 is 4.84. The molecular formula is C14H14ClN3O3. The van der Waals surface area contributed by atoms with E-state index in [0.717, 1.165) is 0 Å². The summed E-state index contributed by atoms with van der Waals surface area (Å²) in [5, 5.41) is 9.23. The van der Waals surface area contributed by atoms with Gasteiger partial charge in [-0.2, -0.15) is 0 Å². The van der Waals surface area contributed by atoms with Crippen LogP contribution in [0.5, 0.6) is 0 Å². The second-order valence-electron chi connectivity index (χ2n) is 4.52. The Balaban J connectivity index is 1.95. The van der Waals surface area contributed by atoms with Crippen molar-refractivity contribution in [2.24, 2.45) is 0 Å². The molecule has 0 aliphatic rings. The summed E-state index contributed by atoms with van der Waals surface area (Å²) in [6, 6.07) is 7.34. The van der Waals surface area contributed by atoms with Crippen molar-refractivity contribution in [3.8, 4) is 0 Å². The first-order valence-electron chi connectivity index (χ1n) is 6.26. The summed E-state index contributed by atoms with van der Waals surface area (Å²) in [4.78, 5) is 23.9. The molecule has 2 N–H and O–H groups in total. The van der Waals surface area contributed by atoms with E-state index in [0.29, 0.717) is 22.2 Å². The van der Waals surface area contributed by atoms with Gasteiger partial charge < -0.3 is 15.2 Å². The number of nitrogens with one attached hydrogen (secondary N) is 2. The van der Waals surface area contributed by atoms with Crippen LogP contribution in [0.3, 0.4) is 0 Å². The topological polar surface area (TPSA) is 84.2 Å². The lowest BCUT2D eigenvalue weighted by Gasteiger charge is -2.13. The number of hydrogen-bond donors (Lipinski definition) is 2. The molecule has 0 radical (unpaired) electrons. The lowest BCUT2D eigenvalue weighted by atomic mass is 10.2. The Kier molecular flexibility index (Phi) is 4.59. The molecule has 2 aromatic rings. The number of hydrogen-bond acceptors (Lipinski definition) is 4. The summed E-state index contributed by atoms with van der Waals surface area (Å²) in [5.41, 5.74) is 0.388. The Morgan fingerprint density at radius 1 is 1.33 bits per heavy atom. The Bertz CT molecular complexity index is 669. The van der Waals surface area contributed by atoms with Crippen LogP contribution < -0.4 is 10.6 Å². The highest BCUT2D eigenvalue weighted by atomic mass is 35.5. The molecule has 2 rings (SSSR count). The third kappa shape index (κ3) is 4.06. The predicted octanol–water partition coefficient (Wildman–Crippen LogP) is 2.39. The van der Waals surface area contributed by atoms with Gasteiger partial charge in [0.1, 0.15) is 11.8 Å². The van der Waals surface area contributed by atoms with E-state index in [4.69, 9.17) is 16.1 Å². The van der Waals surface area contributed by atoms with Crippen LogP contribution >= 0.6 is 11.6 Å². The Labute approximate surface area is 126 Å². The average molecular weight is 308 g/mol. The molecule has 0 fully saturated rings. The minimum atomic E-state index is -0.728. The van der Waals surface area contributed by atoms with Gasteiger partial charge >= 0.3 is 0 Å². The molecular weight excluding hydrogens is 294 g/mol. The van der Waals surface area contributed by atoms with E-state index in [9.17, 15) is 9.59 Å². The molecule has 1 aromatic carbocycles. The minimum Gasteiger partial charge on any atom is -0.360 e. The molecule has 0 aliphatic carbocycles. The van der Waals surface area contributed by atoms with Crippen LogP contribution in [-0.2, 0) is 4.79 Å². The number of aryl methyl sites for hydroxylation is 1. The van der Waals surface area contributed by atoms with Crippen LogP contribution in [-0.4, -0.2) is 23.0 Å². The van der Waals surface area contributed by atoms with Gasteiger partial charge in [-0.3, -0.25) is 9.59 Å². The van der Waals surface area contributed by atoms with Crippen molar-refractivity contribution >= 4 is 29.2 Å². The van der Waals surface area contributed by atoms with Crippen molar-refractivity contribution < 1.29 is 14.1 Å². The fourth-order valence-electron chi connectivity index (χ4n) is 1.64. The number of nitrogens with zero attached hydrogens (tertiary/aromatic N) is 1. The standard InChI is InChI=1S/C14H14ClN3O3/c1-8-6-12(18-21-8)17-13(19)9(2)16-14(20)10-4-3-5-11(15)7-10/h3-7,9H,1-2H3,(H,16,20)(H,17,18,19)/t9-/m1/s1. The van der Waals surface area contributed by atoms with Gasteiger partial charge in [0.05, 0.1) is 0 Å². The second-order valence-corrected chi connectivity index (χ2v) is 4.95. The van der Waals surface area contributed by atoms with E-state index < -0.39 is 11.9 Å². The molecule has 1 heterocycles. The van der Waals surface area contributed by atoms with Crippen molar-refractivity contribution in [1.82, 2.24) is 10.5 Å². The molecule has 1 aromatic heterocycles. The first-order valence-corrected chi connectivity index (χ1v) is 6.64. The van der Waals surface area contributed by atoms with Crippen molar-refractivity contribution in [2.45, 2.75) is 19.9 Å². The van der Waals surface area contributed by atoms with Gasteiger partial charge in [0.25, 0.3) is 5.91 Å². The maximum atomic E-state index is 12.0. The maximum Gasteiger partial charge on any atom is 0.251 e. The normalized spacial score (nSPS) is 11.8. The molecule has 0 bridgehead atoms. The fourth-order valence-corrected chi connectivity index (χ4v) is 1.83. The Morgan fingerprint density at radius 2 is 2.10 bits per heavy atom. The van der Waals surface area contributed by atoms with Gasteiger partial charge in [0, 0.05) is 16.7 Å². The molecule has 110 valence electrons. The second kappa shape index (κ2) is 6.41. The minimum absolute atomic E-state index is 0.307. The van der Waals surface area contributed by atoms with Crippen LogP contribution in [0.25, 0.3) is 0 Å². The number of anilines is 1. The summed E-state index contributed by atoms with van der Waals surface area (Å²) >= 11 is 5.82. The van der Waals surface area contributed by atoms with Crippen LogP contribution in [0.1, 0.15) is 23.0 Å². The van der Waals surface area contributed by atoms with Gasteiger partial charge in [-0.05, 0) is 32.0 Å². The summed E-state index contributed by atoms with van der Waals surface area (Å²) in [6.07, 6.45) is 0. The largest absolute Gasteiger partial charge is 0.360 e. The average Bonchev–Trinajstić information content (AvgIpc) is 2.84. The maximum absolute atomic E-state index is 12.0.